The number of rotatable bonds is 2. The SMILES string of the molecule is N#Cc1ccc(CC2CCCNC2)c(Br)c1. The van der Waals surface area contributed by atoms with Crippen LogP contribution in [-0.2, 0) is 6.42 Å². The molecule has 1 atom stereocenters. The standard InChI is InChI=1S/C13H15BrN2/c14-13-7-10(8-15)3-4-12(13)6-11-2-1-5-16-9-11/h3-4,7,11,16H,1-2,5-6,9H2. The predicted octanol–water partition coefficient (Wildman–Crippen LogP) is 2.86. The van der Waals surface area contributed by atoms with Crippen molar-refractivity contribution in [3.8, 4) is 6.07 Å². The summed E-state index contributed by atoms with van der Waals surface area (Å²) in [5.74, 6) is 0.734. The normalized spacial score (nSPS) is 20.4. The molecule has 1 aromatic rings. The van der Waals surface area contributed by atoms with Crippen LogP contribution in [0.3, 0.4) is 0 Å². The summed E-state index contributed by atoms with van der Waals surface area (Å²) < 4.78 is 1.07. The second-order valence-corrected chi connectivity index (χ2v) is 5.19. The molecule has 16 heavy (non-hydrogen) atoms. The van der Waals surface area contributed by atoms with Gasteiger partial charge in [-0.1, -0.05) is 22.0 Å². The molecule has 3 heteroatoms. The van der Waals surface area contributed by atoms with Gasteiger partial charge in [0.1, 0.15) is 0 Å². The Kier molecular flexibility index (Phi) is 3.98. The Morgan fingerprint density at radius 1 is 1.50 bits per heavy atom. The van der Waals surface area contributed by atoms with Crippen molar-refractivity contribution in [1.82, 2.24) is 5.32 Å². The topological polar surface area (TPSA) is 35.8 Å². The van der Waals surface area contributed by atoms with E-state index in [1.807, 2.05) is 12.1 Å². The van der Waals surface area contributed by atoms with E-state index in [0.717, 1.165) is 35.5 Å². The van der Waals surface area contributed by atoms with Crippen LogP contribution in [0.1, 0.15) is 24.0 Å². The van der Waals surface area contributed by atoms with Crippen molar-refractivity contribution in [1.29, 1.82) is 5.26 Å². The van der Waals surface area contributed by atoms with Crippen LogP contribution < -0.4 is 5.32 Å². The van der Waals surface area contributed by atoms with E-state index in [0.29, 0.717) is 0 Å². The summed E-state index contributed by atoms with van der Waals surface area (Å²) in [4.78, 5) is 0. The highest BCUT2D eigenvalue weighted by atomic mass is 79.9. The lowest BCUT2D eigenvalue weighted by Gasteiger charge is -2.23. The Hall–Kier alpha value is -0.850. The van der Waals surface area contributed by atoms with Crippen LogP contribution in [0, 0.1) is 17.2 Å². The fourth-order valence-electron chi connectivity index (χ4n) is 2.19. The molecule has 1 fully saturated rings. The van der Waals surface area contributed by atoms with E-state index in [-0.39, 0.29) is 0 Å². The number of benzene rings is 1. The molecular weight excluding hydrogens is 264 g/mol. The molecule has 0 spiro atoms. The molecule has 1 aliphatic heterocycles. The zero-order valence-electron chi connectivity index (χ0n) is 9.17. The van der Waals surface area contributed by atoms with Gasteiger partial charge >= 0.3 is 0 Å². The average Bonchev–Trinajstić information content (AvgIpc) is 2.33. The van der Waals surface area contributed by atoms with E-state index in [9.17, 15) is 0 Å². The van der Waals surface area contributed by atoms with Crippen LogP contribution in [0.5, 0.6) is 0 Å². The predicted molar refractivity (Wildman–Crippen MR) is 68.2 cm³/mol. The highest BCUT2D eigenvalue weighted by Gasteiger charge is 2.14. The fraction of sp³-hybridized carbons (Fsp3) is 0.462. The van der Waals surface area contributed by atoms with Gasteiger partial charge < -0.3 is 5.32 Å². The second-order valence-electron chi connectivity index (χ2n) is 4.33. The molecule has 1 aromatic carbocycles. The Labute approximate surface area is 105 Å². The number of nitrogens with one attached hydrogen (secondary N) is 1. The summed E-state index contributed by atoms with van der Waals surface area (Å²) >= 11 is 3.54. The van der Waals surface area contributed by atoms with Crippen LogP contribution in [-0.4, -0.2) is 13.1 Å². The van der Waals surface area contributed by atoms with Gasteiger partial charge in [0, 0.05) is 4.47 Å². The van der Waals surface area contributed by atoms with Crippen molar-refractivity contribution >= 4 is 15.9 Å². The number of hydrogen-bond donors (Lipinski definition) is 1. The van der Waals surface area contributed by atoms with Gasteiger partial charge in [-0.15, -0.1) is 0 Å². The van der Waals surface area contributed by atoms with Gasteiger partial charge in [-0.2, -0.15) is 5.26 Å². The molecule has 0 radical (unpaired) electrons. The van der Waals surface area contributed by atoms with E-state index in [2.05, 4.69) is 33.4 Å². The lowest BCUT2D eigenvalue weighted by Crippen LogP contribution is -2.30. The minimum atomic E-state index is 0.720. The number of hydrogen-bond acceptors (Lipinski definition) is 2. The van der Waals surface area contributed by atoms with Crippen molar-refractivity contribution < 1.29 is 0 Å². The first kappa shape index (κ1) is 11.6. The molecule has 84 valence electrons. The maximum absolute atomic E-state index is 8.79. The van der Waals surface area contributed by atoms with Crippen molar-refractivity contribution in [2.24, 2.45) is 5.92 Å². The number of nitriles is 1. The molecular formula is C13H15BrN2. The highest BCUT2D eigenvalue weighted by Crippen LogP contribution is 2.23. The van der Waals surface area contributed by atoms with Crippen LogP contribution in [0.2, 0.25) is 0 Å². The third kappa shape index (κ3) is 2.84. The number of halogens is 1. The zero-order valence-corrected chi connectivity index (χ0v) is 10.8. The van der Waals surface area contributed by atoms with Crippen molar-refractivity contribution in [2.75, 3.05) is 13.1 Å². The van der Waals surface area contributed by atoms with Gasteiger partial charge in [0.2, 0.25) is 0 Å². The van der Waals surface area contributed by atoms with Crippen molar-refractivity contribution in [3.05, 3.63) is 33.8 Å². The van der Waals surface area contributed by atoms with Gasteiger partial charge in [0.05, 0.1) is 11.6 Å². The molecule has 0 aliphatic carbocycles. The highest BCUT2D eigenvalue weighted by molar-refractivity contribution is 9.10. The Bertz CT molecular complexity index is 403. The molecule has 1 N–H and O–H groups in total. The van der Waals surface area contributed by atoms with Crippen LogP contribution >= 0.6 is 15.9 Å². The third-order valence-electron chi connectivity index (χ3n) is 3.09. The third-order valence-corrected chi connectivity index (χ3v) is 3.83. The Morgan fingerprint density at radius 2 is 2.38 bits per heavy atom. The van der Waals surface area contributed by atoms with E-state index in [4.69, 9.17) is 5.26 Å². The fourth-order valence-corrected chi connectivity index (χ4v) is 2.73. The van der Waals surface area contributed by atoms with E-state index >= 15 is 0 Å². The zero-order chi connectivity index (χ0) is 11.4. The molecule has 0 aromatic heterocycles. The summed E-state index contributed by atoms with van der Waals surface area (Å²) in [6.45, 7) is 2.28. The summed E-state index contributed by atoms with van der Waals surface area (Å²) in [6, 6.07) is 8.03. The molecule has 1 unspecified atom stereocenters. The smallest absolute Gasteiger partial charge is 0.0992 e. The van der Waals surface area contributed by atoms with Crippen LogP contribution in [0.4, 0.5) is 0 Å². The minimum Gasteiger partial charge on any atom is -0.316 e. The molecule has 1 aliphatic rings. The quantitative estimate of drug-likeness (QED) is 0.903. The van der Waals surface area contributed by atoms with Gasteiger partial charge in [0.25, 0.3) is 0 Å². The lowest BCUT2D eigenvalue weighted by atomic mass is 9.92. The minimum absolute atomic E-state index is 0.720. The molecule has 1 heterocycles. The number of nitrogens with zero attached hydrogens (tertiary/aromatic N) is 1. The summed E-state index contributed by atoms with van der Waals surface area (Å²) in [5.41, 5.74) is 2.03. The van der Waals surface area contributed by atoms with Crippen molar-refractivity contribution in [2.45, 2.75) is 19.3 Å². The Balaban J connectivity index is 2.06. The maximum Gasteiger partial charge on any atom is 0.0992 e. The van der Waals surface area contributed by atoms with Gasteiger partial charge in [-0.25, -0.2) is 0 Å². The molecule has 0 amide bonds. The summed E-state index contributed by atoms with van der Waals surface area (Å²) in [5, 5.41) is 12.2. The van der Waals surface area contributed by atoms with Gasteiger partial charge in [-0.05, 0) is 56.0 Å². The molecule has 2 rings (SSSR count). The van der Waals surface area contributed by atoms with E-state index in [1.54, 1.807) is 0 Å². The van der Waals surface area contributed by atoms with Crippen molar-refractivity contribution in [3.63, 3.8) is 0 Å². The molecule has 0 saturated carbocycles. The van der Waals surface area contributed by atoms with Gasteiger partial charge in [-0.3, -0.25) is 0 Å². The first-order chi connectivity index (χ1) is 7.79. The Morgan fingerprint density at radius 3 is 3.00 bits per heavy atom. The summed E-state index contributed by atoms with van der Waals surface area (Å²) in [6.07, 6.45) is 3.68. The average molecular weight is 279 g/mol. The number of piperidine rings is 1. The molecule has 1 saturated heterocycles. The van der Waals surface area contributed by atoms with E-state index < -0.39 is 0 Å². The molecule has 2 nitrogen and oxygen atoms in total. The van der Waals surface area contributed by atoms with Crippen LogP contribution in [0.25, 0.3) is 0 Å². The largest absolute Gasteiger partial charge is 0.316 e. The first-order valence-corrected chi connectivity index (χ1v) is 6.48. The lowest BCUT2D eigenvalue weighted by molar-refractivity contribution is 0.376. The van der Waals surface area contributed by atoms with E-state index in [1.165, 1.54) is 18.4 Å². The molecule has 0 bridgehead atoms. The van der Waals surface area contributed by atoms with Crippen LogP contribution in [0.15, 0.2) is 22.7 Å². The second kappa shape index (κ2) is 5.47. The first-order valence-electron chi connectivity index (χ1n) is 5.69. The monoisotopic (exact) mass is 278 g/mol. The summed E-state index contributed by atoms with van der Waals surface area (Å²) in [7, 11) is 0. The maximum atomic E-state index is 8.79. The van der Waals surface area contributed by atoms with Gasteiger partial charge in [0.15, 0.2) is 0 Å².